The first-order valence-corrected chi connectivity index (χ1v) is 8.33. The number of halogens is 2. The highest BCUT2D eigenvalue weighted by atomic mass is 35.5. The normalized spacial score (nSPS) is 10.9. The fourth-order valence-corrected chi connectivity index (χ4v) is 3.53. The van der Waals surface area contributed by atoms with Crippen LogP contribution in [0.5, 0.6) is 11.5 Å². The van der Waals surface area contributed by atoms with Crippen LogP contribution in [0.1, 0.15) is 27.9 Å². The molecule has 0 saturated heterocycles. The van der Waals surface area contributed by atoms with Crippen molar-refractivity contribution in [3.8, 4) is 11.5 Å². The van der Waals surface area contributed by atoms with Crippen molar-refractivity contribution in [1.82, 2.24) is 4.98 Å². The van der Waals surface area contributed by atoms with E-state index in [-0.39, 0.29) is 10.8 Å². The van der Waals surface area contributed by atoms with Crippen molar-refractivity contribution in [1.29, 1.82) is 0 Å². The summed E-state index contributed by atoms with van der Waals surface area (Å²) in [5.41, 5.74) is 4.02. The maximum atomic E-state index is 11.4. The maximum Gasteiger partial charge on any atom is 0.204 e. The molecule has 0 saturated carbocycles. The molecule has 6 nitrogen and oxygen atoms in total. The lowest BCUT2D eigenvalue weighted by atomic mass is 10.2. The van der Waals surface area contributed by atoms with Crippen molar-refractivity contribution < 1.29 is 14.3 Å². The molecule has 2 rings (SSSR count). The maximum absolute atomic E-state index is 11.4. The van der Waals surface area contributed by atoms with Gasteiger partial charge in [0.05, 0.1) is 36.0 Å². The third kappa shape index (κ3) is 3.80. The highest BCUT2D eigenvalue weighted by Crippen LogP contribution is 2.41. The van der Waals surface area contributed by atoms with E-state index in [0.29, 0.717) is 37.8 Å². The van der Waals surface area contributed by atoms with Gasteiger partial charge in [-0.1, -0.05) is 34.5 Å². The largest absolute Gasteiger partial charge is 0.494 e. The first kappa shape index (κ1) is 18.5. The quantitative estimate of drug-likeness (QED) is 0.451. The number of carbonyl (C=O) groups excluding carboxylic acids is 1. The van der Waals surface area contributed by atoms with Gasteiger partial charge in [0.15, 0.2) is 11.5 Å². The van der Waals surface area contributed by atoms with E-state index in [1.165, 1.54) is 38.7 Å². The number of Topliss-reactive ketones (excluding diaryl/α,β-unsaturated/α-hetero) is 1. The summed E-state index contributed by atoms with van der Waals surface area (Å²) in [7, 11) is 2.96. The number of hydrogen-bond acceptors (Lipinski definition) is 7. The van der Waals surface area contributed by atoms with Crippen molar-refractivity contribution >= 4 is 51.7 Å². The number of nitrogens with one attached hydrogen (secondary N) is 1. The van der Waals surface area contributed by atoms with E-state index in [1.807, 2.05) is 0 Å². The SMILES string of the molecule is COc1c(Cl)cc(/C=N\Nc2nc(C)c(C(C)=O)s2)c(OC)c1Cl. The molecule has 0 aliphatic rings. The van der Waals surface area contributed by atoms with Crippen LogP contribution in [0.4, 0.5) is 5.13 Å². The lowest BCUT2D eigenvalue weighted by Gasteiger charge is -2.12. The van der Waals surface area contributed by atoms with Gasteiger partial charge in [0.25, 0.3) is 0 Å². The monoisotopic (exact) mass is 387 g/mol. The fraction of sp³-hybridized carbons (Fsp3) is 0.267. The molecule has 0 aliphatic carbocycles. The molecule has 1 heterocycles. The van der Waals surface area contributed by atoms with Gasteiger partial charge < -0.3 is 9.47 Å². The summed E-state index contributed by atoms with van der Waals surface area (Å²) in [5, 5.41) is 5.21. The molecule has 0 unspecified atom stereocenters. The predicted molar refractivity (Wildman–Crippen MR) is 97.6 cm³/mol. The van der Waals surface area contributed by atoms with E-state index in [0.717, 1.165) is 0 Å². The van der Waals surface area contributed by atoms with E-state index in [1.54, 1.807) is 13.0 Å². The zero-order chi connectivity index (χ0) is 17.9. The Morgan fingerprint density at radius 2 is 2.00 bits per heavy atom. The van der Waals surface area contributed by atoms with Crippen LogP contribution < -0.4 is 14.9 Å². The molecule has 0 bridgehead atoms. The number of nitrogens with zero attached hydrogens (tertiary/aromatic N) is 2. The smallest absolute Gasteiger partial charge is 0.204 e. The first-order valence-electron chi connectivity index (χ1n) is 6.76. The van der Waals surface area contributed by atoms with Gasteiger partial charge in [-0.05, 0) is 13.0 Å². The second kappa shape index (κ2) is 7.83. The average Bonchev–Trinajstić information content (AvgIpc) is 2.89. The Morgan fingerprint density at radius 3 is 2.54 bits per heavy atom. The first-order chi connectivity index (χ1) is 11.4. The van der Waals surface area contributed by atoms with Crippen LogP contribution in [0.25, 0.3) is 0 Å². The summed E-state index contributed by atoms with van der Waals surface area (Å²) < 4.78 is 10.4. The summed E-state index contributed by atoms with van der Waals surface area (Å²) in [5.74, 6) is 0.697. The van der Waals surface area contributed by atoms with Crippen LogP contribution in [0.15, 0.2) is 11.2 Å². The number of carbonyl (C=O) groups is 1. The molecular formula is C15H15Cl2N3O3S. The minimum absolute atomic E-state index is 0.0302. The van der Waals surface area contributed by atoms with Gasteiger partial charge in [0, 0.05) is 12.5 Å². The van der Waals surface area contributed by atoms with Crippen molar-refractivity contribution in [2.45, 2.75) is 13.8 Å². The Morgan fingerprint density at radius 1 is 1.33 bits per heavy atom. The molecule has 1 aromatic heterocycles. The Kier molecular flexibility index (Phi) is 6.04. The number of anilines is 1. The van der Waals surface area contributed by atoms with Gasteiger partial charge >= 0.3 is 0 Å². The average molecular weight is 388 g/mol. The molecule has 9 heteroatoms. The van der Waals surface area contributed by atoms with Gasteiger partial charge in [-0.2, -0.15) is 5.10 Å². The molecule has 0 amide bonds. The number of methoxy groups -OCH3 is 2. The number of aryl methyl sites for hydroxylation is 1. The molecule has 1 aromatic carbocycles. The number of hydrazone groups is 1. The van der Waals surface area contributed by atoms with Crippen LogP contribution in [-0.2, 0) is 0 Å². The number of aromatic nitrogens is 1. The standard InChI is InChI=1S/C15H15Cl2N3O3S/c1-7-14(8(2)21)24-15(19-7)20-18-6-9-5-10(16)13(23-4)11(17)12(9)22-3/h5-6H,1-4H3,(H,19,20)/b18-6-. The van der Waals surface area contributed by atoms with Gasteiger partial charge in [-0.15, -0.1) is 0 Å². The van der Waals surface area contributed by atoms with Crippen molar-refractivity contribution in [2.24, 2.45) is 5.10 Å². The predicted octanol–water partition coefficient (Wildman–Crippen LogP) is 4.42. The molecule has 24 heavy (non-hydrogen) atoms. The van der Waals surface area contributed by atoms with Crippen molar-refractivity contribution in [2.75, 3.05) is 19.6 Å². The molecule has 0 aliphatic heterocycles. The number of hydrogen-bond donors (Lipinski definition) is 1. The Bertz CT molecular complexity index is 806. The Labute approximate surface area is 153 Å². The highest BCUT2D eigenvalue weighted by Gasteiger charge is 2.16. The van der Waals surface area contributed by atoms with Gasteiger partial charge in [-0.3, -0.25) is 10.2 Å². The molecule has 0 spiro atoms. The second-order valence-corrected chi connectivity index (χ2v) is 6.47. The highest BCUT2D eigenvalue weighted by molar-refractivity contribution is 7.17. The van der Waals surface area contributed by atoms with E-state index < -0.39 is 0 Å². The third-order valence-corrected chi connectivity index (χ3v) is 4.84. The second-order valence-electron chi connectivity index (χ2n) is 4.69. The van der Waals surface area contributed by atoms with Crippen LogP contribution in [0.3, 0.4) is 0 Å². The molecule has 0 fully saturated rings. The lowest BCUT2D eigenvalue weighted by molar-refractivity contribution is 0.102. The molecule has 1 N–H and O–H groups in total. The molecule has 0 radical (unpaired) electrons. The molecular weight excluding hydrogens is 373 g/mol. The lowest BCUT2D eigenvalue weighted by Crippen LogP contribution is -1.97. The Hall–Kier alpha value is -1.83. The number of ether oxygens (including phenoxy) is 2. The number of ketones is 1. The van der Waals surface area contributed by atoms with Gasteiger partial charge in [-0.25, -0.2) is 4.98 Å². The summed E-state index contributed by atoms with van der Waals surface area (Å²) in [6.45, 7) is 3.27. The number of benzene rings is 1. The van der Waals surface area contributed by atoms with Gasteiger partial charge in [0.1, 0.15) is 10.8 Å². The van der Waals surface area contributed by atoms with Crippen LogP contribution in [0, 0.1) is 6.92 Å². The van der Waals surface area contributed by atoms with Crippen molar-refractivity contribution in [3.05, 3.63) is 32.2 Å². The van der Waals surface area contributed by atoms with E-state index in [2.05, 4.69) is 15.5 Å². The van der Waals surface area contributed by atoms with E-state index in [9.17, 15) is 4.79 Å². The minimum Gasteiger partial charge on any atom is -0.494 e. The van der Waals surface area contributed by atoms with Crippen LogP contribution in [-0.4, -0.2) is 31.2 Å². The van der Waals surface area contributed by atoms with Crippen LogP contribution >= 0.6 is 34.5 Å². The van der Waals surface area contributed by atoms with E-state index >= 15 is 0 Å². The minimum atomic E-state index is -0.0302. The molecule has 128 valence electrons. The van der Waals surface area contributed by atoms with Crippen LogP contribution in [0.2, 0.25) is 10.0 Å². The van der Waals surface area contributed by atoms with Gasteiger partial charge in [0.2, 0.25) is 5.13 Å². The fourth-order valence-electron chi connectivity index (χ4n) is 2.02. The number of rotatable bonds is 6. The molecule has 2 aromatic rings. The zero-order valence-corrected chi connectivity index (χ0v) is 15.8. The third-order valence-electron chi connectivity index (χ3n) is 3.05. The zero-order valence-electron chi connectivity index (χ0n) is 13.4. The van der Waals surface area contributed by atoms with Crippen molar-refractivity contribution in [3.63, 3.8) is 0 Å². The van der Waals surface area contributed by atoms with E-state index in [4.69, 9.17) is 32.7 Å². The summed E-state index contributed by atoms with van der Waals surface area (Å²) >= 11 is 13.6. The Balaban J connectivity index is 2.26. The molecule has 0 atom stereocenters. The topological polar surface area (TPSA) is 72.8 Å². The summed E-state index contributed by atoms with van der Waals surface area (Å²) in [6.07, 6.45) is 1.50. The number of thiazole rings is 1. The summed E-state index contributed by atoms with van der Waals surface area (Å²) in [6, 6.07) is 1.63. The summed E-state index contributed by atoms with van der Waals surface area (Å²) in [4.78, 5) is 16.3.